The first-order valence-corrected chi connectivity index (χ1v) is 7.16. The van der Waals surface area contributed by atoms with E-state index in [4.69, 9.17) is 0 Å². The topological polar surface area (TPSA) is 42.0 Å². The third kappa shape index (κ3) is 3.38. The van der Waals surface area contributed by atoms with E-state index in [0.29, 0.717) is 12.1 Å². The number of hydrogen-bond donors (Lipinski definition) is 1. The van der Waals surface area contributed by atoms with Gasteiger partial charge in [-0.2, -0.15) is 0 Å². The smallest absolute Gasteiger partial charge is 0.253 e. The van der Waals surface area contributed by atoms with Crippen molar-refractivity contribution in [2.24, 2.45) is 0 Å². The molecule has 0 aliphatic carbocycles. The molecule has 0 saturated heterocycles. The summed E-state index contributed by atoms with van der Waals surface area (Å²) in [5.74, 6) is -0.115. The minimum absolute atomic E-state index is 0.115. The molecule has 1 heterocycles. The SMILES string of the molecule is O=C(NCc1ccccc1)c1ccc(-c2ccccc2)nc1. The van der Waals surface area contributed by atoms with E-state index >= 15 is 0 Å². The molecule has 0 aliphatic rings. The molecule has 0 unspecified atom stereocenters. The molecule has 0 atom stereocenters. The average molecular weight is 288 g/mol. The Bertz CT molecular complexity index is 737. The number of nitrogens with zero attached hydrogens (tertiary/aromatic N) is 1. The summed E-state index contributed by atoms with van der Waals surface area (Å²) in [5.41, 5.74) is 3.54. The molecule has 0 radical (unpaired) electrons. The highest BCUT2D eigenvalue weighted by atomic mass is 16.1. The molecule has 0 aliphatic heterocycles. The second kappa shape index (κ2) is 6.68. The van der Waals surface area contributed by atoms with Crippen molar-refractivity contribution in [1.29, 1.82) is 0 Å². The average Bonchev–Trinajstić information content (AvgIpc) is 2.61. The zero-order valence-corrected chi connectivity index (χ0v) is 12.1. The number of aromatic nitrogens is 1. The first-order chi connectivity index (χ1) is 10.8. The van der Waals surface area contributed by atoms with E-state index in [-0.39, 0.29) is 5.91 Å². The number of amides is 1. The quantitative estimate of drug-likeness (QED) is 0.795. The standard InChI is InChI=1S/C19H16N2O/c22-19(21-13-15-7-3-1-4-8-15)17-11-12-18(20-14-17)16-9-5-2-6-10-16/h1-12,14H,13H2,(H,21,22). The van der Waals surface area contributed by atoms with Crippen molar-refractivity contribution in [3.05, 3.63) is 90.1 Å². The van der Waals surface area contributed by atoms with Gasteiger partial charge in [0, 0.05) is 18.3 Å². The molecule has 1 amide bonds. The van der Waals surface area contributed by atoms with Crippen LogP contribution >= 0.6 is 0 Å². The van der Waals surface area contributed by atoms with Crippen LogP contribution in [-0.4, -0.2) is 10.9 Å². The molecule has 3 rings (SSSR count). The molecule has 3 aromatic rings. The van der Waals surface area contributed by atoms with E-state index in [2.05, 4.69) is 10.3 Å². The third-order valence-electron chi connectivity index (χ3n) is 3.39. The molecule has 0 saturated carbocycles. The number of rotatable bonds is 4. The summed E-state index contributed by atoms with van der Waals surface area (Å²) in [5, 5.41) is 2.90. The molecule has 0 spiro atoms. The van der Waals surface area contributed by atoms with Gasteiger partial charge in [0.1, 0.15) is 0 Å². The van der Waals surface area contributed by atoms with E-state index in [0.717, 1.165) is 16.8 Å². The monoisotopic (exact) mass is 288 g/mol. The van der Waals surface area contributed by atoms with Gasteiger partial charge in [0.15, 0.2) is 0 Å². The number of nitrogens with one attached hydrogen (secondary N) is 1. The first kappa shape index (κ1) is 14.0. The van der Waals surface area contributed by atoms with Crippen LogP contribution in [0.2, 0.25) is 0 Å². The molecule has 3 nitrogen and oxygen atoms in total. The summed E-state index contributed by atoms with van der Waals surface area (Å²) < 4.78 is 0. The number of carbonyl (C=O) groups excluding carboxylic acids is 1. The molecule has 1 aromatic heterocycles. The molecule has 2 aromatic carbocycles. The van der Waals surface area contributed by atoms with Gasteiger partial charge in [0.25, 0.3) is 5.91 Å². The summed E-state index contributed by atoms with van der Waals surface area (Å²) in [7, 11) is 0. The van der Waals surface area contributed by atoms with E-state index in [1.54, 1.807) is 12.3 Å². The van der Waals surface area contributed by atoms with Gasteiger partial charge in [-0.05, 0) is 17.7 Å². The Morgan fingerprint density at radius 3 is 2.18 bits per heavy atom. The van der Waals surface area contributed by atoms with Crippen molar-refractivity contribution in [3.63, 3.8) is 0 Å². The lowest BCUT2D eigenvalue weighted by Gasteiger charge is -2.06. The molecule has 3 heteroatoms. The zero-order valence-electron chi connectivity index (χ0n) is 12.1. The van der Waals surface area contributed by atoms with Crippen LogP contribution in [0.1, 0.15) is 15.9 Å². The Morgan fingerprint density at radius 2 is 1.55 bits per heavy atom. The lowest BCUT2D eigenvalue weighted by atomic mass is 10.1. The van der Waals surface area contributed by atoms with Crippen LogP contribution in [0.3, 0.4) is 0 Å². The minimum Gasteiger partial charge on any atom is -0.348 e. The highest BCUT2D eigenvalue weighted by Gasteiger charge is 2.06. The summed E-state index contributed by atoms with van der Waals surface area (Å²) in [6.45, 7) is 0.514. The fraction of sp³-hybridized carbons (Fsp3) is 0.0526. The van der Waals surface area contributed by atoms with Crippen LogP contribution in [0, 0.1) is 0 Å². The van der Waals surface area contributed by atoms with Crippen LogP contribution in [0.4, 0.5) is 0 Å². The van der Waals surface area contributed by atoms with Crippen LogP contribution in [-0.2, 0) is 6.54 Å². The predicted octanol–water partition coefficient (Wildman–Crippen LogP) is 3.68. The zero-order chi connectivity index (χ0) is 15.2. The Labute approximate surface area is 129 Å². The molecule has 0 bridgehead atoms. The van der Waals surface area contributed by atoms with Crippen LogP contribution in [0.15, 0.2) is 79.0 Å². The fourth-order valence-electron chi connectivity index (χ4n) is 2.19. The lowest BCUT2D eigenvalue weighted by Crippen LogP contribution is -2.22. The van der Waals surface area contributed by atoms with E-state index in [1.807, 2.05) is 66.7 Å². The maximum absolute atomic E-state index is 12.1. The van der Waals surface area contributed by atoms with Gasteiger partial charge < -0.3 is 5.32 Å². The van der Waals surface area contributed by atoms with Crippen molar-refractivity contribution in [2.45, 2.75) is 6.54 Å². The van der Waals surface area contributed by atoms with Gasteiger partial charge in [0.2, 0.25) is 0 Å². The largest absolute Gasteiger partial charge is 0.348 e. The number of pyridine rings is 1. The van der Waals surface area contributed by atoms with E-state index in [9.17, 15) is 4.79 Å². The van der Waals surface area contributed by atoms with Crippen molar-refractivity contribution in [3.8, 4) is 11.3 Å². The Kier molecular flexibility index (Phi) is 4.25. The Morgan fingerprint density at radius 1 is 0.864 bits per heavy atom. The van der Waals surface area contributed by atoms with Crippen molar-refractivity contribution >= 4 is 5.91 Å². The number of hydrogen-bond acceptors (Lipinski definition) is 2. The molecule has 108 valence electrons. The summed E-state index contributed by atoms with van der Waals surface area (Å²) in [6.07, 6.45) is 1.61. The predicted molar refractivity (Wildman–Crippen MR) is 87.3 cm³/mol. The van der Waals surface area contributed by atoms with Crippen molar-refractivity contribution < 1.29 is 4.79 Å². The highest BCUT2D eigenvalue weighted by Crippen LogP contribution is 2.16. The van der Waals surface area contributed by atoms with Crippen molar-refractivity contribution in [1.82, 2.24) is 10.3 Å². The number of benzene rings is 2. The molecule has 22 heavy (non-hydrogen) atoms. The Balaban J connectivity index is 1.66. The van der Waals surface area contributed by atoms with Gasteiger partial charge in [-0.15, -0.1) is 0 Å². The number of carbonyl (C=O) groups is 1. The third-order valence-corrected chi connectivity index (χ3v) is 3.39. The summed E-state index contributed by atoms with van der Waals surface area (Å²) in [6, 6.07) is 23.4. The van der Waals surface area contributed by atoms with Gasteiger partial charge >= 0.3 is 0 Å². The second-order valence-electron chi connectivity index (χ2n) is 4.97. The molecular weight excluding hydrogens is 272 g/mol. The van der Waals surface area contributed by atoms with Crippen LogP contribution < -0.4 is 5.32 Å². The molecule has 0 fully saturated rings. The Hall–Kier alpha value is -2.94. The van der Waals surface area contributed by atoms with Gasteiger partial charge in [-0.1, -0.05) is 60.7 Å². The van der Waals surface area contributed by atoms with Crippen LogP contribution in [0.25, 0.3) is 11.3 Å². The van der Waals surface area contributed by atoms with Gasteiger partial charge in [-0.25, -0.2) is 0 Å². The first-order valence-electron chi connectivity index (χ1n) is 7.16. The molecular formula is C19H16N2O. The fourth-order valence-corrected chi connectivity index (χ4v) is 2.19. The van der Waals surface area contributed by atoms with Crippen molar-refractivity contribution in [2.75, 3.05) is 0 Å². The normalized spacial score (nSPS) is 10.2. The second-order valence-corrected chi connectivity index (χ2v) is 4.97. The van der Waals surface area contributed by atoms with Gasteiger partial charge in [0.05, 0.1) is 11.3 Å². The van der Waals surface area contributed by atoms with Gasteiger partial charge in [-0.3, -0.25) is 9.78 Å². The summed E-state index contributed by atoms with van der Waals surface area (Å²) >= 11 is 0. The minimum atomic E-state index is -0.115. The highest BCUT2D eigenvalue weighted by molar-refractivity contribution is 5.94. The summed E-state index contributed by atoms with van der Waals surface area (Å²) in [4.78, 5) is 16.5. The maximum Gasteiger partial charge on any atom is 0.253 e. The lowest BCUT2D eigenvalue weighted by molar-refractivity contribution is 0.0950. The van der Waals surface area contributed by atoms with Crippen LogP contribution in [0.5, 0.6) is 0 Å². The maximum atomic E-state index is 12.1. The van der Waals surface area contributed by atoms with E-state index in [1.165, 1.54) is 0 Å². The van der Waals surface area contributed by atoms with E-state index < -0.39 is 0 Å². The molecule has 1 N–H and O–H groups in total.